The van der Waals surface area contributed by atoms with Gasteiger partial charge in [-0.15, -0.1) is 0 Å². The fraction of sp³-hybridized carbons (Fsp3) is 0.130. The molecule has 1 aliphatic heterocycles. The average molecular weight is 432 g/mol. The molecule has 0 radical (unpaired) electrons. The number of halogens is 1. The number of rotatable bonds is 4. The first-order chi connectivity index (χ1) is 15.4. The lowest BCUT2D eigenvalue weighted by Gasteiger charge is -2.35. The fourth-order valence-electron chi connectivity index (χ4n) is 3.55. The van der Waals surface area contributed by atoms with E-state index in [1.165, 1.54) is 6.07 Å². The molecule has 0 spiro atoms. The molecule has 2 aromatic rings. The first-order valence-corrected chi connectivity index (χ1v) is 9.24. The summed E-state index contributed by atoms with van der Waals surface area (Å²) in [5, 5.41) is 19.2. The van der Waals surface area contributed by atoms with Crippen molar-refractivity contribution in [3.63, 3.8) is 0 Å². The number of anilines is 1. The van der Waals surface area contributed by atoms with Gasteiger partial charge in [-0.25, -0.2) is 14.0 Å². The van der Waals surface area contributed by atoms with E-state index >= 15 is 0 Å². The number of methoxy groups -OCH3 is 2. The summed E-state index contributed by atoms with van der Waals surface area (Å²) >= 11 is 0. The van der Waals surface area contributed by atoms with Gasteiger partial charge in [-0.3, -0.25) is 4.90 Å². The number of carbonyl (C=O) groups is 2. The van der Waals surface area contributed by atoms with Crippen molar-refractivity contribution in [3.05, 3.63) is 88.1 Å². The molecule has 1 heterocycles. The molecule has 2 N–H and O–H groups in total. The Morgan fingerprint density at radius 3 is 2.25 bits per heavy atom. The zero-order valence-electron chi connectivity index (χ0n) is 17.1. The van der Waals surface area contributed by atoms with E-state index in [1.807, 2.05) is 12.1 Å². The molecule has 32 heavy (non-hydrogen) atoms. The highest BCUT2D eigenvalue weighted by molar-refractivity contribution is 6.06. The van der Waals surface area contributed by atoms with Crippen molar-refractivity contribution in [1.29, 1.82) is 10.5 Å². The number of hydrogen-bond donors (Lipinski definition) is 1. The van der Waals surface area contributed by atoms with Gasteiger partial charge in [0.1, 0.15) is 17.3 Å². The Balaban J connectivity index is 2.44. The summed E-state index contributed by atoms with van der Waals surface area (Å²) in [6.07, 6.45) is 0. The van der Waals surface area contributed by atoms with Crippen LogP contribution in [0.2, 0.25) is 0 Å². The number of benzene rings is 2. The number of nitriles is 2. The Bertz CT molecular complexity index is 1240. The standard InChI is InChI=1S/C23H17FN4O4/c1-31-22(29)19-18(14-6-4-3-5-7-14)17(12-26)21(27)28(20(19)23(30)32-2)16-9-13(11-25)8-15(24)10-16/h3-10,18H,27H2,1-2H3. The number of ether oxygens (including phenoxy) is 2. The molecule has 2 aromatic carbocycles. The van der Waals surface area contributed by atoms with Crippen LogP contribution in [0, 0.1) is 28.5 Å². The van der Waals surface area contributed by atoms with Crippen LogP contribution in [0.25, 0.3) is 0 Å². The van der Waals surface area contributed by atoms with Crippen LogP contribution in [0.5, 0.6) is 0 Å². The third kappa shape index (κ3) is 3.75. The van der Waals surface area contributed by atoms with Crippen LogP contribution in [0.4, 0.5) is 10.1 Å². The van der Waals surface area contributed by atoms with E-state index < -0.39 is 23.7 Å². The Hall–Kier alpha value is -4.63. The molecule has 0 saturated carbocycles. The Labute approximate surface area is 183 Å². The van der Waals surface area contributed by atoms with E-state index in [2.05, 4.69) is 0 Å². The lowest BCUT2D eigenvalue weighted by atomic mass is 9.81. The molecular weight excluding hydrogens is 415 g/mol. The van der Waals surface area contributed by atoms with Gasteiger partial charge in [0.25, 0.3) is 0 Å². The predicted octanol–water partition coefficient (Wildman–Crippen LogP) is 2.60. The van der Waals surface area contributed by atoms with Crippen LogP contribution in [0.1, 0.15) is 17.0 Å². The molecule has 1 atom stereocenters. The molecule has 0 fully saturated rings. The van der Waals surface area contributed by atoms with Gasteiger partial charge in [-0.05, 0) is 23.8 Å². The molecule has 8 nitrogen and oxygen atoms in total. The van der Waals surface area contributed by atoms with Gasteiger partial charge in [-0.1, -0.05) is 30.3 Å². The minimum atomic E-state index is -1.04. The van der Waals surface area contributed by atoms with Crippen molar-refractivity contribution in [2.75, 3.05) is 19.1 Å². The van der Waals surface area contributed by atoms with Crippen LogP contribution < -0.4 is 10.6 Å². The number of nitrogens with zero attached hydrogens (tertiary/aromatic N) is 3. The number of allylic oxidation sites excluding steroid dienone is 1. The Morgan fingerprint density at radius 2 is 1.69 bits per heavy atom. The maximum Gasteiger partial charge on any atom is 0.355 e. The van der Waals surface area contributed by atoms with Crippen molar-refractivity contribution in [2.45, 2.75) is 5.92 Å². The average Bonchev–Trinajstić information content (AvgIpc) is 2.82. The first-order valence-electron chi connectivity index (χ1n) is 9.24. The molecule has 0 aliphatic carbocycles. The molecule has 0 aromatic heterocycles. The van der Waals surface area contributed by atoms with E-state index in [4.69, 9.17) is 15.2 Å². The smallest absolute Gasteiger partial charge is 0.355 e. The van der Waals surface area contributed by atoms with Crippen molar-refractivity contribution < 1.29 is 23.5 Å². The van der Waals surface area contributed by atoms with Gasteiger partial charge in [-0.2, -0.15) is 10.5 Å². The molecule has 1 unspecified atom stereocenters. The molecule has 0 saturated heterocycles. The summed E-state index contributed by atoms with van der Waals surface area (Å²) in [7, 11) is 2.23. The van der Waals surface area contributed by atoms with Gasteiger partial charge in [0.2, 0.25) is 0 Å². The van der Waals surface area contributed by atoms with Gasteiger partial charge in [0.05, 0.1) is 54.7 Å². The summed E-state index contributed by atoms with van der Waals surface area (Å²) in [5.74, 6) is -3.90. The Kier molecular flexibility index (Phi) is 6.22. The largest absolute Gasteiger partial charge is 0.466 e. The SMILES string of the molecule is COC(=O)C1=C(C(=O)OC)N(c2cc(F)cc(C#N)c2)C(N)=C(C#N)C1c1ccccc1. The van der Waals surface area contributed by atoms with Crippen molar-refractivity contribution in [1.82, 2.24) is 0 Å². The zero-order chi connectivity index (χ0) is 23.4. The molecule has 0 bridgehead atoms. The summed E-state index contributed by atoms with van der Waals surface area (Å²) in [5.41, 5.74) is 6.09. The first kappa shape index (κ1) is 22.1. The highest BCUT2D eigenvalue weighted by Gasteiger charge is 2.43. The molecule has 9 heteroatoms. The Morgan fingerprint density at radius 1 is 1.03 bits per heavy atom. The molecule has 0 amide bonds. The van der Waals surface area contributed by atoms with Crippen LogP contribution in [0.3, 0.4) is 0 Å². The van der Waals surface area contributed by atoms with E-state index in [0.717, 1.165) is 31.3 Å². The molecule has 160 valence electrons. The van der Waals surface area contributed by atoms with Crippen molar-refractivity contribution in [3.8, 4) is 12.1 Å². The van der Waals surface area contributed by atoms with Gasteiger partial charge < -0.3 is 15.2 Å². The summed E-state index contributed by atoms with van der Waals surface area (Å²) in [6, 6.07) is 15.6. The summed E-state index contributed by atoms with van der Waals surface area (Å²) in [6.45, 7) is 0. The second-order valence-electron chi connectivity index (χ2n) is 6.65. The van der Waals surface area contributed by atoms with Gasteiger partial charge >= 0.3 is 11.9 Å². The number of carbonyl (C=O) groups excluding carboxylic acids is 2. The second kappa shape index (κ2) is 9.02. The quantitative estimate of drug-likeness (QED) is 0.730. The fourth-order valence-corrected chi connectivity index (χ4v) is 3.55. The molecule has 3 rings (SSSR count). The molecular formula is C23H17FN4O4. The topological polar surface area (TPSA) is 129 Å². The number of esters is 2. The zero-order valence-corrected chi connectivity index (χ0v) is 17.1. The van der Waals surface area contributed by atoms with Gasteiger partial charge in [0, 0.05) is 0 Å². The lowest BCUT2D eigenvalue weighted by Crippen LogP contribution is -2.40. The van der Waals surface area contributed by atoms with Crippen LogP contribution in [0.15, 0.2) is 71.2 Å². The van der Waals surface area contributed by atoms with Crippen LogP contribution in [-0.4, -0.2) is 26.2 Å². The monoisotopic (exact) mass is 432 g/mol. The lowest BCUT2D eigenvalue weighted by molar-refractivity contribution is -0.139. The van der Waals surface area contributed by atoms with Crippen LogP contribution >= 0.6 is 0 Å². The van der Waals surface area contributed by atoms with E-state index in [-0.39, 0.29) is 33.9 Å². The third-order valence-electron chi connectivity index (χ3n) is 4.88. The summed E-state index contributed by atoms with van der Waals surface area (Å²) < 4.78 is 24.0. The minimum Gasteiger partial charge on any atom is -0.466 e. The number of hydrogen-bond acceptors (Lipinski definition) is 8. The normalized spacial score (nSPS) is 15.7. The van der Waals surface area contributed by atoms with Gasteiger partial charge in [0.15, 0.2) is 0 Å². The highest BCUT2D eigenvalue weighted by atomic mass is 19.1. The van der Waals surface area contributed by atoms with E-state index in [9.17, 15) is 24.5 Å². The minimum absolute atomic E-state index is 0.0416. The van der Waals surface area contributed by atoms with Crippen molar-refractivity contribution in [2.24, 2.45) is 5.73 Å². The van der Waals surface area contributed by atoms with Crippen molar-refractivity contribution >= 4 is 17.6 Å². The maximum absolute atomic E-state index is 14.2. The number of nitrogens with two attached hydrogens (primary N) is 1. The predicted molar refractivity (Wildman–Crippen MR) is 111 cm³/mol. The van der Waals surface area contributed by atoms with E-state index in [0.29, 0.717) is 5.56 Å². The maximum atomic E-state index is 14.2. The van der Waals surface area contributed by atoms with Crippen LogP contribution in [-0.2, 0) is 19.1 Å². The summed E-state index contributed by atoms with van der Waals surface area (Å²) in [4.78, 5) is 26.8. The second-order valence-corrected chi connectivity index (χ2v) is 6.65. The molecule has 1 aliphatic rings. The third-order valence-corrected chi connectivity index (χ3v) is 4.88. The van der Waals surface area contributed by atoms with E-state index in [1.54, 1.807) is 30.3 Å². The highest BCUT2D eigenvalue weighted by Crippen LogP contribution is 2.43.